The lowest BCUT2D eigenvalue weighted by molar-refractivity contribution is 0.470. The SMILES string of the molecule is Cc1ccc(O)c(-c2c(C)ccc(O)c2C)c1. The highest BCUT2D eigenvalue weighted by Gasteiger charge is 2.12. The van der Waals surface area contributed by atoms with E-state index in [2.05, 4.69) is 0 Å². The van der Waals surface area contributed by atoms with Gasteiger partial charge in [0.25, 0.3) is 0 Å². The van der Waals surface area contributed by atoms with Crippen molar-refractivity contribution in [3.63, 3.8) is 0 Å². The second kappa shape index (κ2) is 4.13. The van der Waals surface area contributed by atoms with E-state index < -0.39 is 0 Å². The third kappa shape index (κ3) is 1.98. The van der Waals surface area contributed by atoms with Gasteiger partial charge < -0.3 is 10.2 Å². The van der Waals surface area contributed by atoms with Gasteiger partial charge in [-0.3, -0.25) is 0 Å². The normalized spacial score (nSPS) is 10.5. The average molecular weight is 228 g/mol. The summed E-state index contributed by atoms with van der Waals surface area (Å²) >= 11 is 0. The molecule has 2 nitrogen and oxygen atoms in total. The number of benzene rings is 2. The molecule has 0 atom stereocenters. The average Bonchev–Trinajstić information content (AvgIpc) is 2.29. The van der Waals surface area contributed by atoms with Crippen molar-refractivity contribution < 1.29 is 10.2 Å². The zero-order valence-corrected chi connectivity index (χ0v) is 10.3. The molecule has 2 aromatic rings. The summed E-state index contributed by atoms with van der Waals surface area (Å²) in [6.45, 7) is 5.82. The van der Waals surface area contributed by atoms with E-state index in [9.17, 15) is 10.2 Å². The molecule has 2 rings (SSSR count). The molecular formula is C15H16O2. The summed E-state index contributed by atoms with van der Waals surface area (Å²) < 4.78 is 0. The van der Waals surface area contributed by atoms with E-state index in [0.717, 1.165) is 27.8 Å². The van der Waals surface area contributed by atoms with Crippen LogP contribution in [0, 0.1) is 20.8 Å². The van der Waals surface area contributed by atoms with Crippen molar-refractivity contribution in [1.29, 1.82) is 0 Å². The van der Waals surface area contributed by atoms with Gasteiger partial charge in [0.15, 0.2) is 0 Å². The topological polar surface area (TPSA) is 40.5 Å². The third-order valence-corrected chi connectivity index (χ3v) is 3.07. The molecule has 0 spiro atoms. The molecule has 0 bridgehead atoms. The Morgan fingerprint density at radius 1 is 0.824 bits per heavy atom. The number of rotatable bonds is 1. The molecule has 2 heteroatoms. The fraction of sp³-hybridized carbons (Fsp3) is 0.200. The van der Waals surface area contributed by atoms with Crippen molar-refractivity contribution in [2.24, 2.45) is 0 Å². The van der Waals surface area contributed by atoms with Crippen LogP contribution in [0.3, 0.4) is 0 Å². The molecule has 0 aliphatic carbocycles. The molecule has 0 fully saturated rings. The summed E-state index contributed by atoms with van der Waals surface area (Å²) in [5.74, 6) is 0.499. The van der Waals surface area contributed by atoms with Crippen molar-refractivity contribution in [2.45, 2.75) is 20.8 Å². The van der Waals surface area contributed by atoms with E-state index in [-0.39, 0.29) is 11.5 Å². The molecule has 2 N–H and O–H groups in total. The first-order valence-electron chi connectivity index (χ1n) is 5.60. The highest BCUT2D eigenvalue weighted by Crippen LogP contribution is 2.37. The van der Waals surface area contributed by atoms with E-state index in [1.54, 1.807) is 12.1 Å². The molecule has 0 aliphatic rings. The van der Waals surface area contributed by atoms with Crippen LogP contribution in [0.5, 0.6) is 11.5 Å². The van der Waals surface area contributed by atoms with Crippen LogP contribution in [-0.4, -0.2) is 10.2 Å². The predicted octanol–water partition coefficient (Wildman–Crippen LogP) is 3.69. The molecule has 88 valence electrons. The fourth-order valence-corrected chi connectivity index (χ4v) is 2.10. The highest BCUT2D eigenvalue weighted by molar-refractivity contribution is 5.78. The van der Waals surface area contributed by atoms with Gasteiger partial charge in [-0.05, 0) is 55.7 Å². The first-order chi connectivity index (χ1) is 8.00. The van der Waals surface area contributed by atoms with Crippen molar-refractivity contribution in [3.8, 4) is 22.6 Å². The minimum absolute atomic E-state index is 0.243. The van der Waals surface area contributed by atoms with Crippen molar-refractivity contribution >= 4 is 0 Å². The minimum Gasteiger partial charge on any atom is -0.508 e. The van der Waals surface area contributed by atoms with Crippen LogP contribution in [0.15, 0.2) is 30.3 Å². The lowest BCUT2D eigenvalue weighted by atomic mass is 9.93. The van der Waals surface area contributed by atoms with Gasteiger partial charge in [-0.15, -0.1) is 0 Å². The zero-order valence-electron chi connectivity index (χ0n) is 10.3. The molecule has 0 unspecified atom stereocenters. The quantitative estimate of drug-likeness (QED) is 0.781. The van der Waals surface area contributed by atoms with Crippen LogP contribution in [0.2, 0.25) is 0 Å². The van der Waals surface area contributed by atoms with Crippen LogP contribution < -0.4 is 0 Å². The summed E-state index contributed by atoms with van der Waals surface area (Å²) in [6, 6.07) is 9.03. The molecule has 0 aliphatic heterocycles. The molecular weight excluding hydrogens is 212 g/mol. The van der Waals surface area contributed by atoms with Crippen LogP contribution in [-0.2, 0) is 0 Å². The smallest absolute Gasteiger partial charge is 0.123 e. The van der Waals surface area contributed by atoms with Gasteiger partial charge in [-0.25, -0.2) is 0 Å². The molecule has 0 saturated carbocycles. The maximum atomic E-state index is 9.95. The largest absolute Gasteiger partial charge is 0.508 e. The van der Waals surface area contributed by atoms with Crippen molar-refractivity contribution in [1.82, 2.24) is 0 Å². The summed E-state index contributed by atoms with van der Waals surface area (Å²) in [5, 5.41) is 19.7. The summed E-state index contributed by atoms with van der Waals surface area (Å²) in [5.41, 5.74) is 4.61. The number of aromatic hydroxyl groups is 2. The lowest BCUT2D eigenvalue weighted by Gasteiger charge is -2.13. The van der Waals surface area contributed by atoms with Gasteiger partial charge in [0.1, 0.15) is 11.5 Å². The predicted molar refractivity (Wildman–Crippen MR) is 69.4 cm³/mol. The molecule has 2 aromatic carbocycles. The standard InChI is InChI=1S/C15H16O2/c1-9-4-6-14(17)12(8-9)15-10(2)5-7-13(16)11(15)3/h4-8,16-17H,1-3H3. The number of phenols is 2. The lowest BCUT2D eigenvalue weighted by Crippen LogP contribution is -1.90. The third-order valence-electron chi connectivity index (χ3n) is 3.07. The monoisotopic (exact) mass is 228 g/mol. The van der Waals surface area contributed by atoms with Gasteiger partial charge in [-0.1, -0.05) is 17.7 Å². The van der Waals surface area contributed by atoms with Crippen LogP contribution in [0.25, 0.3) is 11.1 Å². The molecule has 0 heterocycles. The number of phenolic OH excluding ortho intramolecular Hbond substituents is 2. The van der Waals surface area contributed by atoms with Crippen LogP contribution >= 0.6 is 0 Å². The van der Waals surface area contributed by atoms with Crippen LogP contribution in [0.1, 0.15) is 16.7 Å². The molecule has 0 amide bonds. The molecule has 0 aromatic heterocycles. The first kappa shape index (κ1) is 11.5. The minimum atomic E-state index is 0.243. The Kier molecular flexibility index (Phi) is 2.80. The van der Waals surface area contributed by atoms with Gasteiger partial charge in [0, 0.05) is 5.56 Å². The van der Waals surface area contributed by atoms with Gasteiger partial charge >= 0.3 is 0 Å². The molecule has 0 saturated heterocycles. The number of aryl methyl sites for hydroxylation is 2. The first-order valence-corrected chi connectivity index (χ1v) is 5.60. The Morgan fingerprint density at radius 2 is 1.47 bits per heavy atom. The molecule has 0 radical (unpaired) electrons. The van der Waals surface area contributed by atoms with Gasteiger partial charge in [-0.2, -0.15) is 0 Å². The Labute approximate surface area is 101 Å². The zero-order chi connectivity index (χ0) is 12.6. The van der Waals surface area contributed by atoms with Gasteiger partial charge in [0.05, 0.1) is 0 Å². The number of hydrogen-bond donors (Lipinski definition) is 2. The summed E-state index contributed by atoms with van der Waals surface area (Å²) in [6.07, 6.45) is 0. The Balaban J connectivity index is 2.76. The van der Waals surface area contributed by atoms with Crippen LogP contribution in [0.4, 0.5) is 0 Å². The second-order valence-electron chi connectivity index (χ2n) is 4.42. The van der Waals surface area contributed by atoms with Crippen molar-refractivity contribution in [2.75, 3.05) is 0 Å². The summed E-state index contributed by atoms with van der Waals surface area (Å²) in [7, 11) is 0. The van der Waals surface area contributed by atoms with E-state index in [0.29, 0.717) is 0 Å². The Hall–Kier alpha value is -1.96. The van der Waals surface area contributed by atoms with E-state index in [1.807, 2.05) is 39.0 Å². The summed E-state index contributed by atoms with van der Waals surface area (Å²) in [4.78, 5) is 0. The Morgan fingerprint density at radius 3 is 2.18 bits per heavy atom. The van der Waals surface area contributed by atoms with E-state index >= 15 is 0 Å². The molecule has 17 heavy (non-hydrogen) atoms. The van der Waals surface area contributed by atoms with E-state index in [1.165, 1.54) is 0 Å². The number of hydrogen-bond acceptors (Lipinski definition) is 2. The maximum Gasteiger partial charge on any atom is 0.123 e. The Bertz CT molecular complexity index is 571. The van der Waals surface area contributed by atoms with Gasteiger partial charge in [0.2, 0.25) is 0 Å². The second-order valence-corrected chi connectivity index (χ2v) is 4.42. The fourth-order valence-electron chi connectivity index (χ4n) is 2.10. The van der Waals surface area contributed by atoms with E-state index in [4.69, 9.17) is 0 Å². The van der Waals surface area contributed by atoms with Crippen molar-refractivity contribution in [3.05, 3.63) is 47.0 Å². The maximum absolute atomic E-state index is 9.95. The highest BCUT2D eigenvalue weighted by atomic mass is 16.3.